The van der Waals surface area contributed by atoms with Crippen LogP contribution in [0.1, 0.15) is 17.7 Å². The summed E-state index contributed by atoms with van der Waals surface area (Å²) in [5, 5.41) is 12.6. The van der Waals surface area contributed by atoms with Gasteiger partial charge in [-0.15, -0.1) is 0 Å². The number of hydrogen-bond acceptors (Lipinski definition) is 5. The van der Waals surface area contributed by atoms with Gasteiger partial charge in [0.2, 0.25) is 0 Å². The third-order valence-electron chi connectivity index (χ3n) is 2.12. The van der Waals surface area contributed by atoms with E-state index in [1.165, 1.54) is 11.3 Å². The molecule has 0 saturated carbocycles. The van der Waals surface area contributed by atoms with E-state index in [9.17, 15) is 0 Å². The molecule has 1 atom stereocenters. The van der Waals surface area contributed by atoms with Gasteiger partial charge in [-0.2, -0.15) is 5.26 Å². The van der Waals surface area contributed by atoms with E-state index in [0.29, 0.717) is 11.0 Å². The molecule has 1 aromatic rings. The van der Waals surface area contributed by atoms with Crippen molar-refractivity contribution in [2.24, 2.45) is 0 Å². The highest BCUT2D eigenvalue weighted by molar-refractivity contribution is 7.16. The van der Waals surface area contributed by atoms with E-state index in [-0.39, 0.29) is 0 Å². The number of anilines is 1. The molecule has 0 amide bonds. The zero-order valence-electron chi connectivity index (χ0n) is 7.69. The predicted molar refractivity (Wildman–Crippen MR) is 54.3 cm³/mol. The number of hydrogen-bond donors (Lipinski definition) is 1. The van der Waals surface area contributed by atoms with Crippen LogP contribution < -0.4 is 5.32 Å². The summed E-state index contributed by atoms with van der Waals surface area (Å²) >= 11 is 1.38. The molecule has 1 aromatic heterocycles. The molecule has 2 heterocycles. The fourth-order valence-corrected chi connectivity index (χ4v) is 2.03. The Labute approximate surface area is 86.5 Å². The fourth-order valence-electron chi connectivity index (χ4n) is 1.41. The Bertz CT molecular complexity index is 338. The lowest BCUT2D eigenvalue weighted by Crippen LogP contribution is -2.18. The summed E-state index contributed by atoms with van der Waals surface area (Å²) in [4.78, 5) is 4.72. The van der Waals surface area contributed by atoms with Crippen LogP contribution in [0.25, 0.3) is 0 Å². The van der Waals surface area contributed by atoms with Gasteiger partial charge < -0.3 is 10.1 Å². The van der Waals surface area contributed by atoms with Crippen molar-refractivity contribution in [1.82, 2.24) is 4.98 Å². The van der Waals surface area contributed by atoms with Crippen molar-refractivity contribution < 1.29 is 4.74 Å². The van der Waals surface area contributed by atoms with Crippen LogP contribution in [0, 0.1) is 11.3 Å². The molecule has 0 aliphatic carbocycles. The molecule has 74 valence electrons. The summed E-state index contributed by atoms with van der Waals surface area (Å²) in [6, 6.07) is 2.06. The third kappa shape index (κ3) is 2.22. The Morgan fingerprint density at radius 3 is 3.36 bits per heavy atom. The topological polar surface area (TPSA) is 57.9 Å². The van der Waals surface area contributed by atoms with Gasteiger partial charge in [-0.3, -0.25) is 0 Å². The molecule has 0 bridgehead atoms. The van der Waals surface area contributed by atoms with Gasteiger partial charge in [-0.1, -0.05) is 11.3 Å². The van der Waals surface area contributed by atoms with Crippen LogP contribution >= 0.6 is 11.3 Å². The minimum absolute atomic E-state index is 0.310. The van der Waals surface area contributed by atoms with Crippen LogP contribution in [0.2, 0.25) is 0 Å². The fraction of sp³-hybridized carbons (Fsp3) is 0.556. The Morgan fingerprint density at radius 1 is 1.79 bits per heavy atom. The van der Waals surface area contributed by atoms with E-state index < -0.39 is 0 Å². The molecule has 0 spiro atoms. The van der Waals surface area contributed by atoms with Crippen molar-refractivity contribution in [2.45, 2.75) is 18.9 Å². The largest absolute Gasteiger partial charge is 0.376 e. The predicted octanol–water partition coefficient (Wildman–Crippen LogP) is 1.61. The molecule has 1 N–H and O–H groups in total. The zero-order valence-corrected chi connectivity index (χ0v) is 8.51. The minimum atomic E-state index is 0.310. The lowest BCUT2D eigenvalue weighted by atomic mass is 10.2. The Kier molecular flexibility index (Phi) is 2.96. The second-order valence-electron chi connectivity index (χ2n) is 3.16. The Morgan fingerprint density at radius 2 is 2.71 bits per heavy atom. The van der Waals surface area contributed by atoms with Gasteiger partial charge >= 0.3 is 0 Å². The quantitative estimate of drug-likeness (QED) is 0.821. The standard InChI is InChI=1S/C9H11N3OS/c10-4-8-6-12-9(14-8)11-5-7-2-1-3-13-7/h6-7H,1-3,5H2,(H,11,12). The average Bonchev–Trinajstić information content (AvgIpc) is 2.86. The first-order valence-electron chi connectivity index (χ1n) is 4.60. The van der Waals surface area contributed by atoms with Crippen molar-refractivity contribution in [3.63, 3.8) is 0 Å². The molecule has 5 heteroatoms. The normalized spacial score (nSPS) is 20.6. The van der Waals surface area contributed by atoms with E-state index in [2.05, 4.69) is 16.4 Å². The first kappa shape index (κ1) is 9.44. The maximum atomic E-state index is 8.60. The molecule has 4 nitrogen and oxygen atoms in total. The Balaban J connectivity index is 1.82. The molecular weight excluding hydrogens is 198 g/mol. The second-order valence-corrected chi connectivity index (χ2v) is 4.19. The number of rotatable bonds is 3. The molecule has 1 unspecified atom stereocenters. The van der Waals surface area contributed by atoms with Gasteiger partial charge in [0.1, 0.15) is 10.9 Å². The molecule has 2 rings (SSSR count). The first-order valence-corrected chi connectivity index (χ1v) is 5.41. The number of thiazole rings is 1. The van der Waals surface area contributed by atoms with Gasteiger partial charge in [0, 0.05) is 13.2 Å². The molecule has 0 radical (unpaired) electrons. The number of nitriles is 1. The molecule has 14 heavy (non-hydrogen) atoms. The van der Waals surface area contributed by atoms with E-state index >= 15 is 0 Å². The highest BCUT2D eigenvalue weighted by Gasteiger charge is 2.15. The highest BCUT2D eigenvalue weighted by atomic mass is 32.1. The summed E-state index contributed by atoms with van der Waals surface area (Å²) in [5.41, 5.74) is 0. The average molecular weight is 209 g/mol. The highest BCUT2D eigenvalue weighted by Crippen LogP contribution is 2.18. The Hall–Kier alpha value is -1.12. The number of aromatic nitrogens is 1. The maximum Gasteiger partial charge on any atom is 0.183 e. The van der Waals surface area contributed by atoms with Crippen molar-refractivity contribution in [2.75, 3.05) is 18.5 Å². The summed E-state index contributed by atoms with van der Waals surface area (Å²) in [7, 11) is 0. The molecule has 0 aromatic carbocycles. The third-order valence-corrected chi connectivity index (χ3v) is 2.98. The van der Waals surface area contributed by atoms with Crippen LogP contribution in [-0.4, -0.2) is 24.2 Å². The summed E-state index contributed by atoms with van der Waals surface area (Å²) in [6.07, 6.45) is 4.16. The summed E-state index contributed by atoms with van der Waals surface area (Å²) in [6.45, 7) is 1.66. The first-order chi connectivity index (χ1) is 6.88. The van der Waals surface area contributed by atoms with Crippen molar-refractivity contribution >= 4 is 16.5 Å². The van der Waals surface area contributed by atoms with Crippen LogP contribution in [0.4, 0.5) is 5.13 Å². The minimum Gasteiger partial charge on any atom is -0.376 e. The molecular formula is C9H11N3OS. The van der Waals surface area contributed by atoms with E-state index in [0.717, 1.165) is 31.1 Å². The van der Waals surface area contributed by atoms with Crippen LogP contribution in [0.15, 0.2) is 6.20 Å². The van der Waals surface area contributed by atoms with Gasteiger partial charge in [0.25, 0.3) is 0 Å². The van der Waals surface area contributed by atoms with Gasteiger partial charge in [-0.05, 0) is 12.8 Å². The van der Waals surface area contributed by atoms with E-state index in [1.54, 1.807) is 6.20 Å². The van der Waals surface area contributed by atoms with E-state index in [4.69, 9.17) is 10.00 Å². The van der Waals surface area contributed by atoms with E-state index in [1.807, 2.05) is 0 Å². The van der Waals surface area contributed by atoms with Crippen LogP contribution in [0.3, 0.4) is 0 Å². The number of nitrogens with one attached hydrogen (secondary N) is 1. The maximum absolute atomic E-state index is 8.60. The SMILES string of the molecule is N#Cc1cnc(NCC2CCCO2)s1. The molecule has 1 saturated heterocycles. The van der Waals surface area contributed by atoms with Crippen LogP contribution in [-0.2, 0) is 4.74 Å². The van der Waals surface area contributed by atoms with Gasteiger partial charge in [0.05, 0.1) is 12.3 Å². The lowest BCUT2D eigenvalue weighted by molar-refractivity contribution is 0.120. The van der Waals surface area contributed by atoms with Gasteiger partial charge in [-0.25, -0.2) is 4.98 Å². The number of nitrogens with zero attached hydrogens (tertiary/aromatic N) is 2. The molecule has 1 aliphatic rings. The smallest absolute Gasteiger partial charge is 0.183 e. The zero-order chi connectivity index (χ0) is 9.80. The monoisotopic (exact) mass is 209 g/mol. The number of ether oxygens (including phenoxy) is 1. The summed E-state index contributed by atoms with van der Waals surface area (Å²) < 4.78 is 5.46. The van der Waals surface area contributed by atoms with Crippen molar-refractivity contribution in [1.29, 1.82) is 5.26 Å². The van der Waals surface area contributed by atoms with Crippen LogP contribution in [0.5, 0.6) is 0 Å². The van der Waals surface area contributed by atoms with Crippen molar-refractivity contribution in [3.8, 4) is 6.07 Å². The second kappa shape index (κ2) is 4.40. The lowest BCUT2D eigenvalue weighted by Gasteiger charge is -2.08. The van der Waals surface area contributed by atoms with Gasteiger partial charge in [0.15, 0.2) is 5.13 Å². The molecule has 1 fully saturated rings. The van der Waals surface area contributed by atoms with Crippen molar-refractivity contribution in [3.05, 3.63) is 11.1 Å². The summed E-state index contributed by atoms with van der Waals surface area (Å²) in [5.74, 6) is 0. The molecule has 1 aliphatic heterocycles.